The Hall–Kier alpha value is -2.31. The molecule has 0 atom stereocenters. The SMILES string of the molecule is CC(C)(O)c1cccc(-n2c(C=O)cc3cnc(Cl)nc32)n1. The molecule has 0 amide bonds. The zero-order valence-corrected chi connectivity index (χ0v) is 12.7. The predicted octanol–water partition coefficient (Wildman–Crippen LogP) is 2.51. The Bertz CT molecular complexity index is 868. The molecule has 0 spiro atoms. The zero-order valence-electron chi connectivity index (χ0n) is 12.0. The summed E-state index contributed by atoms with van der Waals surface area (Å²) in [4.78, 5) is 23.9. The van der Waals surface area contributed by atoms with Gasteiger partial charge >= 0.3 is 0 Å². The average Bonchev–Trinajstić information content (AvgIpc) is 2.84. The fourth-order valence-corrected chi connectivity index (χ4v) is 2.33. The summed E-state index contributed by atoms with van der Waals surface area (Å²) >= 11 is 5.85. The number of fused-ring (bicyclic) bond motifs is 1. The van der Waals surface area contributed by atoms with Crippen LogP contribution in [0.5, 0.6) is 0 Å². The number of aldehydes is 1. The van der Waals surface area contributed by atoms with Crippen molar-refractivity contribution in [2.45, 2.75) is 19.4 Å². The van der Waals surface area contributed by atoms with Gasteiger partial charge in [0.2, 0.25) is 5.28 Å². The monoisotopic (exact) mass is 316 g/mol. The van der Waals surface area contributed by atoms with Crippen molar-refractivity contribution in [2.75, 3.05) is 0 Å². The summed E-state index contributed by atoms with van der Waals surface area (Å²) in [6.07, 6.45) is 2.27. The molecule has 7 heteroatoms. The predicted molar refractivity (Wildman–Crippen MR) is 82.3 cm³/mol. The highest BCUT2D eigenvalue weighted by Gasteiger charge is 2.20. The van der Waals surface area contributed by atoms with Gasteiger partial charge in [-0.2, -0.15) is 4.98 Å². The van der Waals surface area contributed by atoms with Gasteiger partial charge in [-0.3, -0.25) is 9.36 Å². The summed E-state index contributed by atoms with van der Waals surface area (Å²) in [5.74, 6) is 0.478. The van der Waals surface area contributed by atoms with Gasteiger partial charge in [0.05, 0.1) is 11.4 Å². The van der Waals surface area contributed by atoms with Crippen LogP contribution in [0.3, 0.4) is 0 Å². The Morgan fingerprint density at radius 1 is 1.32 bits per heavy atom. The summed E-state index contributed by atoms with van der Waals surface area (Å²) < 4.78 is 1.59. The summed E-state index contributed by atoms with van der Waals surface area (Å²) in [5.41, 5.74) is 0.269. The van der Waals surface area contributed by atoms with Gasteiger partial charge in [-0.1, -0.05) is 6.07 Å². The fraction of sp³-hybridized carbons (Fsp3) is 0.200. The van der Waals surface area contributed by atoms with E-state index in [2.05, 4.69) is 15.0 Å². The molecule has 3 aromatic heterocycles. The maximum Gasteiger partial charge on any atom is 0.224 e. The molecule has 0 unspecified atom stereocenters. The van der Waals surface area contributed by atoms with Crippen molar-refractivity contribution >= 4 is 28.9 Å². The van der Waals surface area contributed by atoms with E-state index in [1.54, 1.807) is 48.9 Å². The first-order valence-electron chi connectivity index (χ1n) is 6.59. The quantitative estimate of drug-likeness (QED) is 0.593. The van der Waals surface area contributed by atoms with E-state index < -0.39 is 5.60 Å². The Morgan fingerprint density at radius 3 is 2.77 bits per heavy atom. The summed E-state index contributed by atoms with van der Waals surface area (Å²) in [6, 6.07) is 6.88. The van der Waals surface area contributed by atoms with E-state index in [4.69, 9.17) is 11.6 Å². The number of carbonyl (C=O) groups is 1. The van der Waals surface area contributed by atoms with Crippen molar-refractivity contribution in [1.82, 2.24) is 19.5 Å². The van der Waals surface area contributed by atoms with E-state index in [0.717, 1.165) is 0 Å². The van der Waals surface area contributed by atoms with Crippen LogP contribution in [-0.2, 0) is 5.60 Å². The molecule has 1 N–H and O–H groups in total. The second-order valence-corrected chi connectivity index (χ2v) is 5.72. The van der Waals surface area contributed by atoms with Gasteiger partial charge in [-0.15, -0.1) is 0 Å². The van der Waals surface area contributed by atoms with Crippen LogP contribution >= 0.6 is 11.6 Å². The van der Waals surface area contributed by atoms with Crippen LogP contribution in [0.4, 0.5) is 0 Å². The van der Waals surface area contributed by atoms with Crippen molar-refractivity contribution in [1.29, 1.82) is 0 Å². The molecule has 0 saturated carbocycles. The molecule has 0 aliphatic carbocycles. The van der Waals surface area contributed by atoms with Crippen LogP contribution in [0, 0.1) is 0 Å². The lowest BCUT2D eigenvalue weighted by Gasteiger charge is -2.17. The Labute approximate surface area is 131 Å². The maximum absolute atomic E-state index is 11.4. The molecule has 0 aliphatic heterocycles. The van der Waals surface area contributed by atoms with E-state index in [9.17, 15) is 9.90 Å². The van der Waals surface area contributed by atoms with Gasteiger partial charge in [0.15, 0.2) is 11.9 Å². The van der Waals surface area contributed by atoms with Crippen molar-refractivity contribution in [2.24, 2.45) is 0 Å². The highest BCUT2D eigenvalue weighted by Crippen LogP contribution is 2.24. The third-order valence-corrected chi connectivity index (χ3v) is 3.43. The number of aromatic nitrogens is 4. The molecular weight excluding hydrogens is 304 g/mol. The van der Waals surface area contributed by atoms with Crippen molar-refractivity contribution < 1.29 is 9.90 Å². The highest BCUT2D eigenvalue weighted by molar-refractivity contribution is 6.28. The first kappa shape index (κ1) is 14.6. The van der Waals surface area contributed by atoms with Crippen LogP contribution in [0.1, 0.15) is 30.0 Å². The molecule has 0 saturated heterocycles. The number of aliphatic hydroxyl groups is 1. The van der Waals surface area contributed by atoms with E-state index in [0.29, 0.717) is 34.5 Å². The summed E-state index contributed by atoms with van der Waals surface area (Å²) in [7, 11) is 0. The number of halogens is 1. The first-order valence-corrected chi connectivity index (χ1v) is 6.97. The molecule has 3 aromatic rings. The Morgan fingerprint density at radius 2 is 2.09 bits per heavy atom. The minimum atomic E-state index is -1.09. The average molecular weight is 317 g/mol. The minimum Gasteiger partial charge on any atom is -0.384 e. The third-order valence-electron chi connectivity index (χ3n) is 3.25. The lowest BCUT2D eigenvalue weighted by Crippen LogP contribution is -2.18. The summed E-state index contributed by atoms with van der Waals surface area (Å²) in [6.45, 7) is 3.29. The van der Waals surface area contributed by atoms with E-state index in [1.165, 1.54) is 0 Å². The molecule has 22 heavy (non-hydrogen) atoms. The topological polar surface area (TPSA) is 80.9 Å². The van der Waals surface area contributed by atoms with E-state index >= 15 is 0 Å². The van der Waals surface area contributed by atoms with Crippen LogP contribution in [-0.4, -0.2) is 30.9 Å². The van der Waals surface area contributed by atoms with Crippen LogP contribution in [0.2, 0.25) is 5.28 Å². The third kappa shape index (κ3) is 2.47. The van der Waals surface area contributed by atoms with Crippen molar-refractivity contribution in [3.8, 4) is 5.82 Å². The number of pyridine rings is 1. The van der Waals surface area contributed by atoms with Gasteiger partial charge in [-0.25, -0.2) is 9.97 Å². The second kappa shape index (κ2) is 5.15. The molecule has 3 rings (SSSR count). The zero-order chi connectivity index (χ0) is 15.9. The van der Waals surface area contributed by atoms with Crippen LogP contribution in [0.25, 0.3) is 16.9 Å². The summed E-state index contributed by atoms with van der Waals surface area (Å²) in [5, 5.41) is 10.9. The van der Waals surface area contributed by atoms with Gasteiger partial charge in [0.1, 0.15) is 11.4 Å². The van der Waals surface area contributed by atoms with Gasteiger partial charge in [0, 0.05) is 11.6 Å². The Kier molecular flexibility index (Phi) is 3.42. The molecule has 112 valence electrons. The highest BCUT2D eigenvalue weighted by atomic mass is 35.5. The molecule has 0 radical (unpaired) electrons. The molecule has 0 bridgehead atoms. The molecule has 0 aromatic carbocycles. The van der Waals surface area contributed by atoms with Gasteiger partial charge < -0.3 is 5.11 Å². The lowest BCUT2D eigenvalue weighted by atomic mass is 10.1. The standard InChI is InChI=1S/C15H13ClN4O2/c1-15(2,22)11-4-3-5-12(18-11)20-10(8-21)6-9-7-17-14(16)19-13(9)20/h3-8,22H,1-2H3. The maximum atomic E-state index is 11.4. The van der Waals surface area contributed by atoms with Crippen LogP contribution < -0.4 is 0 Å². The number of hydrogen-bond donors (Lipinski definition) is 1. The van der Waals surface area contributed by atoms with Crippen molar-refractivity contribution in [3.63, 3.8) is 0 Å². The Balaban J connectivity index is 2.29. The number of nitrogens with zero attached hydrogens (tertiary/aromatic N) is 4. The van der Waals surface area contributed by atoms with E-state index in [1.807, 2.05) is 0 Å². The molecule has 0 aliphatic rings. The normalized spacial score (nSPS) is 11.8. The minimum absolute atomic E-state index is 0.0861. The van der Waals surface area contributed by atoms with Crippen LogP contribution in [0.15, 0.2) is 30.5 Å². The van der Waals surface area contributed by atoms with E-state index in [-0.39, 0.29) is 5.28 Å². The number of rotatable bonds is 3. The lowest BCUT2D eigenvalue weighted by molar-refractivity contribution is 0.0738. The molecule has 6 nitrogen and oxygen atoms in total. The molecular formula is C15H13ClN4O2. The molecule has 0 fully saturated rings. The first-order chi connectivity index (χ1) is 10.4. The number of hydrogen-bond acceptors (Lipinski definition) is 5. The largest absolute Gasteiger partial charge is 0.384 e. The van der Waals surface area contributed by atoms with Crippen molar-refractivity contribution in [3.05, 3.63) is 47.1 Å². The van der Waals surface area contributed by atoms with Gasteiger partial charge in [0.25, 0.3) is 0 Å². The van der Waals surface area contributed by atoms with Gasteiger partial charge in [-0.05, 0) is 43.6 Å². The fourth-order valence-electron chi connectivity index (χ4n) is 2.20. The smallest absolute Gasteiger partial charge is 0.224 e. The second-order valence-electron chi connectivity index (χ2n) is 5.38. The number of carbonyl (C=O) groups excluding carboxylic acids is 1. The molecule has 3 heterocycles.